The molecule has 2 rings (SSSR count). The third kappa shape index (κ3) is 3.05. The number of carbonyl (C=O) groups is 2. The SMILES string of the molecule is CC(=O)/C=C/CNC(=O)c1c(C)n(C)c2ccc(C)cc12. The van der Waals surface area contributed by atoms with Crippen LogP contribution in [-0.4, -0.2) is 22.8 Å². The molecular formula is C17H20N2O2. The number of aryl methyl sites for hydroxylation is 2. The van der Waals surface area contributed by atoms with E-state index in [2.05, 4.69) is 5.32 Å². The predicted molar refractivity (Wildman–Crippen MR) is 84.5 cm³/mol. The van der Waals surface area contributed by atoms with Gasteiger partial charge in [-0.3, -0.25) is 9.59 Å². The molecular weight excluding hydrogens is 264 g/mol. The van der Waals surface area contributed by atoms with Crippen molar-refractivity contribution in [3.05, 3.63) is 47.2 Å². The molecule has 1 aromatic heterocycles. The Hall–Kier alpha value is -2.36. The van der Waals surface area contributed by atoms with Crippen LogP contribution in [-0.2, 0) is 11.8 Å². The first-order valence-corrected chi connectivity index (χ1v) is 6.92. The maximum atomic E-state index is 12.4. The minimum atomic E-state index is -0.114. The van der Waals surface area contributed by atoms with E-state index >= 15 is 0 Å². The Morgan fingerprint density at radius 3 is 2.67 bits per heavy atom. The largest absolute Gasteiger partial charge is 0.348 e. The highest BCUT2D eigenvalue weighted by Gasteiger charge is 2.17. The number of hydrogen-bond acceptors (Lipinski definition) is 2. The highest BCUT2D eigenvalue weighted by atomic mass is 16.1. The van der Waals surface area contributed by atoms with E-state index in [0.717, 1.165) is 22.2 Å². The summed E-state index contributed by atoms with van der Waals surface area (Å²) in [4.78, 5) is 23.2. The van der Waals surface area contributed by atoms with E-state index in [1.807, 2.05) is 43.7 Å². The summed E-state index contributed by atoms with van der Waals surface area (Å²) in [6, 6.07) is 6.10. The number of hydrogen-bond donors (Lipinski definition) is 1. The van der Waals surface area contributed by atoms with Crippen molar-refractivity contribution in [1.82, 2.24) is 9.88 Å². The average Bonchev–Trinajstić information content (AvgIpc) is 2.66. The van der Waals surface area contributed by atoms with E-state index in [9.17, 15) is 9.59 Å². The zero-order valence-corrected chi connectivity index (χ0v) is 12.9. The smallest absolute Gasteiger partial charge is 0.253 e. The summed E-state index contributed by atoms with van der Waals surface area (Å²) in [5.41, 5.74) is 3.80. The monoisotopic (exact) mass is 284 g/mol. The van der Waals surface area contributed by atoms with Gasteiger partial charge in [0.05, 0.1) is 5.56 Å². The fraction of sp³-hybridized carbons (Fsp3) is 0.294. The molecule has 1 N–H and O–H groups in total. The number of rotatable bonds is 4. The van der Waals surface area contributed by atoms with Crippen LogP contribution >= 0.6 is 0 Å². The standard InChI is InChI=1S/C17H20N2O2/c1-11-7-8-15-14(10-11)16(13(3)19(15)4)17(21)18-9-5-6-12(2)20/h5-8,10H,9H2,1-4H3,(H,18,21)/b6-5+. The number of carbonyl (C=O) groups excluding carboxylic acids is 2. The van der Waals surface area contributed by atoms with Crippen LogP contribution in [0.1, 0.15) is 28.5 Å². The molecule has 0 bridgehead atoms. The van der Waals surface area contributed by atoms with Crippen LogP contribution < -0.4 is 5.32 Å². The molecule has 4 heteroatoms. The summed E-state index contributed by atoms with van der Waals surface area (Å²) in [5, 5.41) is 3.79. The Kier molecular flexibility index (Phi) is 4.26. The molecule has 0 fully saturated rings. The third-order valence-corrected chi connectivity index (χ3v) is 3.61. The molecule has 1 heterocycles. The molecule has 0 atom stereocenters. The fourth-order valence-electron chi connectivity index (χ4n) is 2.44. The Morgan fingerprint density at radius 2 is 2.00 bits per heavy atom. The maximum Gasteiger partial charge on any atom is 0.253 e. The average molecular weight is 284 g/mol. The summed E-state index contributed by atoms with van der Waals surface area (Å²) in [5.74, 6) is -0.141. The van der Waals surface area contributed by atoms with Crippen LogP contribution in [0.15, 0.2) is 30.4 Å². The van der Waals surface area contributed by atoms with Crippen molar-refractivity contribution in [2.75, 3.05) is 6.54 Å². The maximum absolute atomic E-state index is 12.4. The summed E-state index contributed by atoms with van der Waals surface area (Å²) in [6.07, 6.45) is 3.12. The Balaban J connectivity index is 2.32. The van der Waals surface area contributed by atoms with Crippen LogP contribution in [0, 0.1) is 13.8 Å². The van der Waals surface area contributed by atoms with Gasteiger partial charge in [0.1, 0.15) is 0 Å². The third-order valence-electron chi connectivity index (χ3n) is 3.61. The molecule has 4 nitrogen and oxygen atoms in total. The van der Waals surface area contributed by atoms with Gasteiger partial charge in [-0.2, -0.15) is 0 Å². The number of ketones is 1. The van der Waals surface area contributed by atoms with Gasteiger partial charge in [0.25, 0.3) is 5.91 Å². The van der Waals surface area contributed by atoms with Crippen LogP contribution in [0.5, 0.6) is 0 Å². The lowest BCUT2D eigenvalue weighted by molar-refractivity contribution is -0.112. The quantitative estimate of drug-likeness (QED) is 0.878. The first-order chi connectivity index (χ1) is 9.91. The number of amides is 1. The van der Waals surface area contributed by atoms with Crippen molar-refractivity contribution in [3.63, 3.8) is 0 Å². The van der Waals surface area contributed by atoms with Crippen molar-refractivity contribution in [2.45, 2.75) is 20.8 Å². The van der Waals surface area contributed by atoms with Gasteiger partial charge in [0.15, 0.2) is 5.78 Å². The second-order valence-corrected chi connectivity index (χ2v) is 5.26. The van der Waals surface area contributed by atoms with Crippen LogP contribution in [0.3, 0.4) is 0 Å². The molecule has 21 heavy (non-hydrogen) atoms. The van der Waals surface area contributed by atoms with Gasteiger partial charge in [0, 0.05) is 30.2 Å². The summed E-state index contributed by atoms with van der Waals surface area (Å²) < 4.78 is 2.02. The molecule has 0 saturated carbocycles. The molecule has 0 aliphatic carbocycles. The molecule has 1 amide bonds. The van der Waals surface area contributed by atoms with E-state index < -0.39 is 0 Å². The Labute approximate surface area is 124 Å². The molecule has 0 aliphatic heterocycles. The summed E-state index contributed by atoms with van der Waals surface area (Å²) in [6.45, 7) is 5.78. The summed E-state index contributed by atoms with van der Waals surface area (Å²) >= 11 is 0. The number of fused-ring (bicyclic) bond motifs is 1. The van der Waals surface area contributed by atoms with Gasteiger partial charge in [0.2, 0.25) is 0 Å². The topological polar surface area (TPSA) is 51.1 Å². The lowest BCUT2D eigenvalue weighted by Crippen LogP contribution is -2.24. The van der Waals surface area contributed by atoms with Crippen LogP contribution in [0.4, 0.5) is 0 Å². The van der Waals surface area contributed by atoms with Crippen LogP contribution in [0.2, 0.25) is 0 Å². The number of nitrogens with zero attached hydrogens (tertiary/aromatic N) is 1. The van der Waals surface area contributed by atoms with Crippen LogP contribution in [0.25, 0.3) is 10.9 Å². The van der Waals surface area contributed by atoms with Gasteiger partial charge >= 0.3 is 0 Å². The summed E-state index contributed by atoms with van der Waals surface area (Å²) in [7, 11) is 1.96. The van der Waals surface area contributed by atoms with Crippen molar-refractivity contribution < 1.29 is 9.59 Å². The highest BCUT2D eigenvalue weighted by molar-refractivity contribution is 6.08. The minimum absolute atomic E-state index is 0.0267. The molecule has 0 aliphatic rings. The van der Waals surface area contributed by atoms with E-state index in [-0.39, 0.29) is 11.7 Å². The molecule has 1 aromatic carbocycles. The predicted octanol–water partition coefficient (Wildman–Crippen LogP) is 2.67. The van der Waals surface area contributed by atoms with Gasteiger partial charge in [-0.1, -0.05) is 17.7 Å². The first-order valence-electron chi connectivity index (χ1n) is 6.92. The first kappa shape index (κ1) is 15.0. The molecule has 2 aromatic rings. The number of aromatic nitrogens is 1. The van der Waals surface area contributed by atoms with E-state index in [1.165, 1.54) is 13.0 Å². The van der Waals surface area contributed by atoms with E-state index in [4.69, 9.17) is 0 Å². The Bertz CT molecular complexity index is 739. The molecule has 0 radical (unpaired) electrons. The highest BCUT2D eigenvalue weighted by Crippen LogP contribution is 2.25. The fourth-order valence-corrected chi connectivity index (χ4v) is 2.44. The molecule has 0 unspecified atom stereocenters. The second kappa shape index (κ2) is 5.95. The van der Waals surface area contributed by atoms with Gasteiger partial charge in [-0.15, -0.1) is 0 Å². The zero-order chi connectivity index (χ0) is 15.6. The number of nitrogens with one attached hydrogen (secondary N) is 1. The Morgan fingerprint density at radius 1 is 1.29 bits per heavy atom. The van der Waals surface area contributed by atoms with Crippen molar-refractivity contribution in [3.8, 4) is 0 Å². The van der Waals surface area contributed by atoms with Crippen molar-refractivity contribution in [2.24, 2.45) is 7.05 Å². The normalized spacial score (nSPS) is 11.2. The van der Waals surface area contributed by atoms with Crippen molar-refractivity contribution in [1.29, 1.82) is 0 Å². The lowest BCUT2D eigenvalue weighted by atomic mass is 10.1. The van der Waals surface area contributed by atoms with Gasteiger partial charge < -0.3 is 9.88 Å². The van der Waals surface area contributed by atoms with Gasteiger partial charge in [-0.25, -0.2) is 0 Å². The number of benzene rings is 1. The second-order valence-electron chi connectivity index (χ2n) is 5.26. The molecule has 0 saturated heterocycles. The van der Waals surface area contributed by atoms with E-state index in [1.54, 1.807) is 6.08 Å². The van der Waals surface area contributed by atoms with Crippen molar-refractivity contribution >= 4 is 22.6 Å². The minimum Gasteiger partial charge on any atom is -0.348 e. The lowest BCUT2D eigenvalue weighted by Gasteiger charge is -2.03. The zero-order valence-electron chi connectivity index (χ0n) is 12.9. The van der Waals surface area contributed by atoms with Gasteiger partial charge in [-0.05, 0) is 39.0 Å². The number of allylic oxidation sites excluding steroid dienone is 1. The molecule has 110 valence electrons. The molecule has 0 spiro atoms. The van der Waals surface area contributed by atoms with E-state index in [0.29, 0.717) is 12.1 Å².